The third-order valence-corrected chi connectivity index (χ3v) is 4.74. The molecule has 0 unspecified atom stereocenters. The molecule has 1 saturated heterocycles. The van der Waals surface area contributed by atoms with E-state index in [9.17, 15) is 9.59 Å². The third-order valence-electron chi connectivity index (χ3n) is 3.92. The van der Waals surface area contributed by atoms with Gasteiger partial charge in [0.25, 0.3) is 0 Å². The molecule has 4 nitrogen and oxygen atoms in total. The lowest BCUT2D eigenvalue weighted by Crippen LogP contribution is -2.51. The van der Waals surface area contributed by atoms with Crippen molar-refractivity contribution in [3.05, 3.63) is 63.9 Å². The summed E-state index contributed by atoms with van der Waals surface area (Å²) >= 11 is 1.56. The van der Waals surface area contributed by atoms with Gasteiger partial charge >= 0.3 is 5.97 Å². The number of rotatable bonds is 4. The number of carbonyl (C=O) groups excluding carboxylic acids is 2. The van der Waals surface area contributed by atoms with Gasteiger partial charge in [-0.25, -0.2) is 4.79 Å². The standard InChI is InChI=1S/C18H17NO3S/c1-22-17(21)18(11-13-6-3-2-4-7-13)12-14(16(20)19-18)10-15-8-5-9-23-15/h2-10H,11-12H2,1H3,(H,19,20)/b14-10+/t18-/m0/s1. The van der Waals surface area contributed by atoms with Crippen LogP contribution in [0, 0.1) is 0 Å². The fourth-order valence-corrected chi connectivity index (χ4v) is 3.53. The lowest BCUT2D eigenvalue weighted by molar-refractivity contribution is -0.149. The molecule has 1 N–H and O–H groups in total. The average molecular weight is 327 g/mol. The van der Waals surface area contributed by atoms with Crippen molar-refractivity contribution in [1.82, 2.24) is 5.32 Å². The first-order valence-corrected chi connectivity index (χ1v) is 8.20. The summed E-state index contributed by atoms with van der Waals surface area (Å²) in [5.41, 5.74) is 0.556. The zero-order valence-corrected chi connectivity index (χ0v) is 13.6. The van der Waals surface area contributed by atoms with Gasteiger partial charge < -0.3 is 10.1 Å². The number of amides is 1. The first kappa shape index (κ1) is 15.5. The Labute approximate surface area is 138 Å². The molecule has 118 valence electrons. The lowest BCUT2D eigenvalue weighted by Gasteiger charge is -2.25. The van der Waals surface area contributed by atoms with Crippen molar-refractivity contribution >= 4 is 29.3 Å². The van der Waals surface area contributed by atoms with E-state index in [4.69, 9.17) is 4.74 Å². The van der Waals surface area contributed by atoms with Crippen LogP contribution in [0.5, 0.6) is 0 Å². The van der Waals surface area contributed by atoms with E-state index in [1.807, 2.05) is 53.9 Å². The van der Waals surface area contributed by atoms with Crippen molar-refractivity contribution in [2.24, 2.45) is 0 Å². The molecule has 0 saturated carbocycles. The molecule has 1 fully saturated rings. The van der Waals surface area contributed by atoms with Gasteiger partial charge in [-0.05, 0) is 23.1 Å². The van der Waals surface area contributed by atoms with Gasteiger partial charge in [0.05, 0.1) is 7.11 Å². The van der Waals surface area contributed by atoms with E-state index >= 15 is 0 Å². The van der Waals surface area contributed by atoms with E-state index < -0.39 is 11.5 Å². The number of hydrogen-bond donors (Lipinski definition) is 1. The second kappa shape index (κ2) is 6.38. The molecule has 0 bridgehead atoms. The zero-order chi connectivity index (χ0) is 16.3. The van der Waals surface area contributed by atoms with Crippen LogP contribution in [0.1, 0.15) is 16.9 Å². The number of esters is 1. The van der Waals surface area contributed by atoms with Gasteiger partial charge in [0, 0.05) is 23.3 Å². The van der Waals surface area contributed by atoms with Crippen LogP contribution in [0.4, 0.5) is 0 Å². The maximum Gasteiger partial charge on any atom is 0.332 e. The summed E-state index contributed by atoms with van der Waals surface area (Å²) in [6, 6.07) is 13.5. The minimum Gasteiger partial charge on any atom is -0.467 e. The molecule has 0 spiro atoms. The molecule has 1 aromatic carbocycles. The van der Waals surface area contributed by atoms with Gasteiger partial charge in [0.15, 0.2) is 0 Å². The third kappa shape index (κ3) is 3.19. The van der Waals surface area contributed by atoms with Gasteiger partial charge in [-0.1, -0.05) is 36.4 Å². The average Bonchev–Trinajstić information content (AvgIpc) is 3.17. The molecule has 0 radical (unpaired) electrons. The van der Waals surface area contributed by atoms with Crippen molar-refractivity contribution in [3.8, 4) is 0 Å². The molecular weight excluding hydrogens is 310 g/mol. The monoisotopic (exact) mass is 327 g/mol. The Morgan fingerprint density at radius 3 is 2.74 bits per heavy atom. The highest BCUT2D eigenvalue weighted by molar-refractivity contribution is 7.10. The van der Waals surface area contributed by atoms with Crippen LogP contribution in [-0.4, -0.2) is 24.5 Å². The predicted molar refractivity (Wildman–Crippen MR) is 89.9 cm³/mol. The Morgan fingerprint density at radius 2 is 2.09 bits per heavy atom. The quantitative estimate of drug-likeness (QED) is 0.694. The molecule has 1 aliphatic rings. The first-order chi connectivity index (χ1) is 11.1. The lowest BCUT2D eigenvalue weighted by atomic mass is 9.88. The smallest absolute Gasteiger partial charge is 0.332 e. The summed E-state index contributed by atoms with van der Waals surface area (Å²) < 4.78 is 4.96. The molecule has 5 heteroatoms. The van der Waals surface area contributed by atoms with Crippen molar-refractivity contribution in [1.29, 1.82) is 0 Å². The second-order valence-electron chi connectivity index (χ2n) is 5.55. The molecule has 2 heterocycles. The Morgan fingerprint density at radius 1 is 1.30 bits per heavy atom. The maximum absolute atomic E-state index is 12.4. The minimum atomic E-state index is -1.03. The summed E-state index contributed by atoms with van der Waals surface area (Å²) in [6.07, 6.45) is 2.58. The maximum atomic E-state index is 12.4. The molecule has 1 aliphatic heterocycles. The summed E-state index contributed by atoms with van der Waals surface area (Å²) in [6.45, 7) is 0. The van der Waals surface area contributed by atoms with Crippen molar-refractivity contribution in [3.63, 3.8) is 0 Å². The highest BCUT2D eigenvalue weighted by atomic mass is 32.1. The van der Waals surface area contributed by atoms with Gasteiger partial charge in [-0.15, -0.1) is 11.3 Å². The normalized spacial score (nSPS) is 22.1. The van der Waals surface area contributed by atoms with Crippen LogP contribution >= 0.6 is 11.3 Å². The predicted octanol–water partition coefficient (Wildman–Crippen LogP) is 2.81. The number of ether oxygens (including phenoxy) is 1. The van der Waals surface area contributed by atoms with E-state index in [2.05, 4.69) is 5.32 Å². The van der Waals surface area contributed by atoms with Crippen molar-refractivity contribution in [2.45, 2.75) is 18.4 Å². The van der Waals surface area contributed by atoms with Crippen molar-refractivity contribution < 1.29 is 14.3 Å². The molecule has 1 aromatic heterocycles. The number of benzene rings is 1. The van der Waals surface area contributed by atoms with Gasteiger partial charge in [0.1, 0.15) is 5.54 Å². The Balaban J connectivity index is 1.92. The molecule has 2 aromatic rings. The van der Waals surface area contributed by atoms with E-state index in [0.717, 1.165) is 10.4 Å². The molecule has 0 aliphatic carbocycles. The van der Waals surface area contributed by atoms with Crippen LogP contribution < -0.4 is 5.32 Å². The number of methoxy groups -OCH3 is 1. The molecule has 1 atom stereocenters. The summed E-state index contributed by atoms with van der Waals surface area (Å²) in [5, 5.41) is 4.81. The van der Waals surface area contributed by atoms with Crippen LogP contribution in [-0.2, 0) is 20.7 Å². The molecule has 3 rings (SSSR count). The zero-order valence-electron chi connectivity index (χ0n) is 12.7. The first-order valence-electron chi connectivity index (χ1n) is 7.32. The van der Waals surface area contributed by atoms with Crippen LogP contribution in [0.2, 0.25) is 0 Å². The van der Waals surface area contributed by atoms with Crippen LogP contribution in [0.25, 0.3) is 6.08 Å². The Bertz CT molecular complexity index is 737. The van der Waals surface area contributed by atoms with Crippen molar-refractivity contribution in [2.75, 3.05) is 7.11 Å². The molecule has 23 heavy (non-hydrogen) atoms. The topological polar surface area (TPSA) is 55.4 Å². The Kier molecular flexibility index (Phi) is 4.30. The fourth-order valence-electron chi connectivity index (χ4n) is 2.85. The van der Waals surface area contributed by atoms with E-state index in [1.54, 1.807) is 11.3 Å². The summed E-state index contributed by atoms with van der Waals surface area (Å²) in [7, 11) is 1.35. The number of carbonyl (C=O) groups is 2. The summed E-state index contributed by atoms with van der Waals surface area (Å²) in [4.78, 5) is 25.7. The molecular formula is C18H17NO3S. The number of thiophene rings is 1. The van der Waals surface area contributed by atoms with Gasteiger partial charge in [-0.2, -0.15) is 0 Å². The van der Waals surface area contributed by atoms with Crippen LogP contribution in [0.3, 0.4) is 0 Å². The Hall–Kier alpha value is -2.40. The number of nitrogens with one attached hydrogen (secondary N) is 1. The second-order valence-corrected chi connectivity index (χ2v) is 6.53. The van der Waals surface area contributed by atoms with E-state index in [-0.39, 0.29) is 5.91 Å². The largest absolute Gasteiger partial charge is 0.467 e. The fraction of sp³-hybridized carbons (Fsp3) is 0.222. The van der Waals surface area contributed by atoms with E-state index in [1.165, 1.54) is 7.11 Å². The molecule has 1 amide bonds. The summed E-state index contributed by atoms with van der Waals surface area (Å²) in [5.74, 6) is -0.621. The van der Waals surface area contributed by atoms with Gasteiger partial charge in [0.2, 0.25) is 5.91 Å². The SMILES string of the molecule is COC(=O)[C@]1(Cc2ccccc2)C/C(=C\c2cccs2)C(=O)N1. The number of hydrogen-bond acceptors (Lipinski definition) is 4. The van der Waals surface area contributed by atoms with Gasteiger partial charge in [-0.3, -0.25) is 4.79 Å². The van der Waals surface area contributed by atoms with Crippen LogP contribution in [0.15, 0.2) is 53.4 Å². The highest BCUT2D eigenvalue weighted by Gasteiger charge is 2.48. The van der Waals surface area contributed by atoms with E-state index in [0.29, 0.717) is 18.4 Å². The minimum absolute atomic E-state index is 0.209. The highest BCUT2D eigenvalue weighted by Crippen LogP contribution is 2.31.